The van der Waals surface area contributed by atoms with Crippen LogP contribution in [-0.2, 0) is 9.53 Å². The van der Waals surface area contributed by atoms with Gasteiger partial charge in [0.05, 0.1) is 5.92 Å². The predicted octanol–water partition coefficient (Wildman–Crippen LogP) is 2.10. The molecule has 1 aromatic rings. The van der Waals surface area contributed by atoms with Gasteiger partial charge in [-0.2, -0.15) is 0 Å². The molecule has 0 radical (unpaired) electrons. The van der Waals surface area contributed by atoms with E-state index in [0.29, 0.717) is 6.54 Å². The Morgan fingerprint density at radius 1 is 1.32 bits per heavy atom. The van der Waals surface area contributed by atoms with Gasteiger partial charge in [-0.15, -0.1) is 0 Å². The summed E-state index contributed by atoms with van der Waals surface area (Å²) in [4.78, 5) is 25.2. The van der Waals surface area contributed by atoms with E-state index in [-0.39, 0.29) is 11.9 Å². The van der Waals surface area contributed by atoms with E-state index in [1.54, 1.807) is 12.4 Å². The SMILES string of the molecule is CN(C)c1nccnc1N1CCCC(C(=O)OC(C)(C)C)C1. The molecular weight excluding hydrogens is 280 g/mol. The van der Waals surface area contributed by atoms with E-state index < -0.39 is 5.60 Å². The molecule has 1 atom stereocenters. The number of carbonyl (C=O) groups is 1. The monoisotopic (exact) mass is 306 g/mol. The first-order chi connectivity index (χ1) is 10.3. The lowest BCUT2D eigenvalue weighted by Gasteiger charge is -2.35. The topological polar surface area (TPSA) is 58.6 Å². The number of nitrogens with zero attached hydrogens (tertiary/aromatic N) is 4. The fourth-order valence-corrected chi connectivity index (χ4v) is 2.61. The summed E-state index contributed by atoms with van der Waals surface area (Å²) in [5, 5.41) is 0. The molecule has 0 bridgehead atoms. The van der Waals surface area contributed by atoms with Crippen molar-refractivity contribution in [3.05, 3.63) is 12.4 Å². The minimum absolute atomic E-state index is 0.106. The zero-order valence-corrected chi connectivity index (χ0v) is 14.2. The molecule has 0 amide bonds. The number of rotatable bonds is 3. The Balaban J connectivity index is 2.13. The van der Waals surface area contributed by atoms with Crippen LogP contribution in [0, 0.1) is 5.92 Å². The van der Waals surface area contributed by atoms with Crippen molar-refractivity contribution < 1.29 is 9.53 Å². The first-order valence-corrected chi connectivity index (χ1v) is 7.74. The summed E-state index contributed by atoms with van der Waals surface area (Å²) in [5.74, 6) is 1.44. The molecule has 1 aliphatic rings. The summed E-state index contributed by atoms with van der Waals surface area (Å²) in [6.07, 6.45) is 5.20. The van der Waals surface area contributed by atoms with E-state index in [1.165, 1.54) is 0 Å². The zero-order chi connectivity index (χ0) is 16.3. The normalized spacial score (nSPS) is 19.0. The summed E-state index contributed by atoms with van der Waals surface area (Å²) < 4.78 is 5.53. The number of hydrogen-bond donors (Lipinski definition) is 0. The van der Waals surface area contributed by atoms with Crippen LogP contribution in [0.4, 0.5) is 11.6 Å². The van der Waals surface area contributed by atoms with Gasteiger partial charge < -0.3 is 14.5 Å². The van der Waals surface area contributed by atoms with Crippen molar-refractivity contribution in [2.45, 2.75) is 39.2 Å². The van der Waals surface area contributed by atoms with E-state index in [1.807, 2.05) is 39.8 Å². The summed E-state index contributed by atoms with van der Waals surface area (Å²) in [6.45, 7) is 7.22. The molecule has 1 saturated heterocycles. The summed E-state index contributed by atoms with van der Waals surface area (Å²) in [5.41, 5.74) is -0.444. The Hall–Kier alpha value is -1.85. The molecule has 0 aliphatic carbocycles. The van der Waals surface area contributed by atoms with Gasteiger partial charge in [0, 0.05) is 39.6 Å². The highest BCUT2D eigenvalue weighted by molar-refractivity contribution is 5.74. The molecule has 6 nitrogen and oxygen atoms in total. The van der Waals surface area contributed by atoms with Gasteiger partial charge in [-0.25, -0.2) is 9.97 Å². The first-order valence-electron chi connectivity index (χ1n) is 7.74. The van der Waals surface area contributed by atoms with Crippen molar-refractivity contribution in [3.63, 3.8) is 0 Å². The van der Waals surface area contributed by atoms with E-state index in [2.05, 4.69) is 14.9 Å². The van der Waals surface area contributed by atoms with Crippen molar-refractivity contribution in [2.75, 3.05) is 37.0 Å². The number of hydrogen-bond acceptors (Lipinski definition) is 6. The molecule has 0 spiro atoms. The van der Waals surface area contributed by atoms with Gasteiger partial charge in [-0.05, 0) is 33.6 Å². The molecule has 0 N–H and O–H groups in total. The first kappa shape index (κ1) is 16.5. The third-order valence-corrected chi connectivity index (χ3v) is 3.54. The molecule has 1 fully saturated rings. The number of carbonyl (C=O) groups excluding carboxylic acids is 1. The van der Waals surface area contributed by atoms with Gasteiger partial charge in [0.1, 0.15) is 5.60 Å². The Bertz CT molecular complexity index is 525. The van der Waals surface area contributed by atoms with Gasteiger partial charge >= 0.3 is 5.97 Å². The van der Waals surface area contributed by atoms with E-state index in [4.69, 9.17) is 4.74 Å². The van der Waals surface area contributed by atoms with Crippen LogP contribution in [0.15, 0.2) is 12.4 Å². The lowest BCUT2D eigenvalue weighted by molar-refractivity contribution is -0.160. The van der Waals surface area contributed by atoms with Crippen LogP contribution >= 0.6 is 0 Å². The van der Waals surface area contributed by atoms with Crippen LogP contribution in [0.2, 0.25) is 0 Å². The predicted molar refractivity (Wildman–Crippen MR) is 87.1 cm³/mol. The smallest absolute Gasteiger partial charge is 0.311 e. The maximum Gasteiger partial charge on any atom is 0.311 e. The third kappa shape index (κ3) is 4.08. The number of esters is 1. The van der Waals surface area contributed by atoms with Crippen LogP contribution in [0.1, 0.15) is 33.6 Å². The van der Waals surface area contributed by atoms with Crippen molar-refractivity contribution in [1.29, 1.82) is 0 Å². The van der Waals surface area contributed by atoms with Gasteiger partial charge in [0.15, 0.2) is 11.6 Å². The molecule has 22 heavy (non-hydrogen) atoms. The molecule has 0 aromatic carbocycles. The van der Waals surface area contributed by atoms with Gasteiger partial charge in [0.2, 0.25) is 0 Å². The summed E-state index contributed by atoms with van der Waals surface area (Å²) in [6, 6.07) is 0. The Labute approximate surface area is 132 Å². The van der Waals surface area contributed by atoms with Gasteiger partial charge in [-0.1, -0.05) is 0 Å². The Morgan fingerprint density at radius 3 is 2.64 bits per heavy atom. The van der Waals surface area contributed by atoms with Crippen LogP contribution in [-0.4, -0.2) is 48.7 Å². The zero-order valence-electron chi connectivity index (χ0n) is 14.2. The lowest BCUT2D eigenvalue weighted by Crippen LogP contribution is -2.42. The van der Waals surface area contributed by atoms with E-state index >= 15 is 0 Å². The quantitative estimate of drug-likeness (QED) is 0.797. The fourth-order valence-electron chi connectivity index (χ4n) is 2.61. The molecule has 1 aliphatic heterocycles. The van der Waals surface area contributed by atoms with Crippen LogP contribution < -0.4 is 9.80 Å². The highest BCUT2D eigenvalue weighted by Gasteiger charge is 2.31. The second-order valence-electron chi connectivity index (χ2n) is 6.92. The molecule has 1 aromatic heterocycles. The summed E-state index contributed by atoms with van der Waals surface area (Å²) in [7, 11) is 3.89. The molecule has 2 heterocycles. The maximum absolute atomic E-state index is 12.3. The second-order valence-corrected chi connectivity index (χ2v) is 6.92. The molecule has 6 heteroatoms. The average molecular weight is 306 g/mol. The minimum atomic E-state index is -0.444. The van der Waals surface area contributed by atoms with E-state index in [0.717, 1.165) is 31.0 Å². The van der Waals surface area contributed by atoms with Gasteiger partial charge in [-0.3, -0.25) is 4.79 Å². The molecule has 2 rings (SSSR count). The van der Waals surface area contributed by atoms with Gasteiger partial charge in [0.25, 0.3) is 0 Å². The number of piperidine rings is 1. The van der Waals surface area contributed by atoms with Crippen molar-refractivity contribution in [2.24, 2.45) is 5.92 Å². The van der Waals surface area contributed by atoms with Crippen molar-refractivity contribution in [3.8, 4) is 0 Å². The largest absolute Gasteiger partial charge is 0.460 e. The maximum atomic E-state index is 12.3. The number of ether oxygens (including phenoxy) is 1. The molecule has 122 valence electrons. The molecule has 0 saturated carbocycles. The number of anilines is 2. The Morgan fingerprint density at radius 2 is 2.00 bits per heavy atom. The Kier molecular flexibility index (Phi) is 4.88. The van der Waals surface area contributed by atoms with Crippen molar-refractivity contribution in [1.82, 2.24) is 9.97 Å². The van der Waals surface area contributed by atoms with Crippen LogP contribution in [0.5, 0.6) is 0 Å². The highest BCUT2D eigenvalue weighted by Crippen LogP contribution is 2.28. The van der Waals surface area contributed by atoms with E-state index in [9.17, 15) is 4.79 Å². The average Bonchev–Trinajstić information content (AvgIpc) is 2.45. The molecular formula is C16H26N4O2. The van der Waals surface area contributed by atoms with Crippen molar-refractivity contribution >= 4 is 17.6 Å². The van der Waals surface area contributed by atoms with Crippen LogP contribution in [0.3, 0.4) is 0 Å². The summed E-state index contributed by atoms with van der Waals surface area (Å²) >= 11 is 0. The minimum Gasteiger partial charge on any atom is -0.460 e. The standard InChI is InChI=1S/C16H26N4O2/c1-16(2,3)22-15(21)12-7-6-10-20(11-12)14-13(19(4)5)17-8-9-18-14/h8-9,12H,6-7,10-11H2,1-5H3. The fraction of sp³-hybridized carbons (Fsp3) is 0.688. The molecule has 1 unspecified atom stereocenters. The second kappa shape index (κ2) is 6.50. The lowest BCUT2D eigenvalue weighted by atomic mass is 9.98. The number of aromatic nitrogens is 2. The van der Waals surface area contributed by atoms with Crippen LogP contribution in [0.25, 0.3) is 0 Å². The highest BCUT2D eigenvalue weighted by atomic mass is 16.6. The third-order valence-electron chi connectivity index (χ3n) is 3.54.